The second kappa shape index (κ2) is 8.60. The molecule has 1 aromatic heterocycles. The fraction of sp³-hybridized carbons (Fsp3) is 0.280. The molecule has 31 heavy (non-hydrogen) atoms. The van der Waals surface area contributed by atoms with Gasteiger partial charge < -0.3 is 9.47 Å². The lowest BCUT2D eigenvalue weighted by Gasteiger charge is -2.40. The number of para-hydroxylation sites is 2. The van der Waals surface area contributed by atoms with Crippen LogP contribution in [-0.2, 0) is 9.59 Å². The van der Waals surface area contributed by atoms with E-state index in [-0.39, 0.29) is 30.4 Å². The lowest BCUT2D eigenvalue weighted by atomic mass is 9.97. The number of hydrogen-bond acceptors (Lipinski definition) is 2. The summed E-state index contributed by atoms with van der Waals surface area (Å²) in [6.45, 7) is 5.40. The molecule has 160 valence electrons. The first-order valence-corrected chi connectivity index (χ1v) is 10.9. The van der Waals surface area contributed by atoms with Gasteiger partial charge in [0.25, 0.3) is 0 Å². The molecule has 2 aromatic carbocycles. The first-order chi connectivity index (χ1) is 14.9. The molecule has 0 bridgehead atoms. The largest absolute Gasteiger partial charge is 0.330 e. The van der Waals surface area contributed by atoms with Crippen molar-refractivity contribution in [1.29, 1.82) is 0 Å². The Kier molecular flexibility index (Phi) is 5.88. The average Bonchev–Trinajstić information content (AvgIpc) is 3.26. The summed E-state index contributed by atoms with van der Waals surface area (Å²) in [6, 6.07) is 21.4. The van der Waals surface area contributed by atoms with Crippen molar-refractivity contribution in [3.63, 3.8) is 0 Å². The average molecular weight is 436 g/mol. The molecule has 0 spiro atoms. The van der Waals surface area contributed by atoms with E-state index in [0.717, 1.165) is 22.6 Å². The number of rotatable bonds is 5. The SMILES string of the molecule is CC(Cl)C(=O)N(CC(=O)N1c2ccccc2-n2cccc2C1c1ccccc1)C(C)C. The van der Waals surface area contributed by atoms with E-state index in [9.17, 15) is 9.59 Å². The number of benzene rings is 2. The van der Waals surface area contributed by atoms with E-state index < -0.39 is 5.38 Å². The summed E-state index contributed by atoms with van der Waals surface area (Å²) in [5, 5.41) is -0.689. The summed E-state index contributed by atoms with van der Waals surface area (Å²) in [6.07, 6.45) is 2.02. The van der Waals surface area contributed by atoms with E-state index in [4.69, 9.17) is 11.6 Å². The highest BCUT2D eigenvalue weighted by atomic mass is 35.5. The van der Waals surface area contributed by atoms with Gasteiger partial charge in [-0.25, -0.2) is 0 Å². The minimum atomic E-state index is -0.689. The molecular weight excluding hydrogens is 410 g/mol. The van der Waals surface area contributed by atoms with Crippen molar-refractivity contribution in [2.24, 2.45) is 0 Å². The molecule has 0 saturated heterocycles. The van der Waals surface area contributed by atoms with Gasteiger partial charge in [-0.15, -0.1) is 11.6 Å². The first kappa shape index (κ1) is 21.2. The Hall–Kier alpha value is -3.05. The van der Waals surface area contributed by atoms with Gasteiger partial charge in [-0.05, 0) is 50.6 Å². The van der Waals surface area contributed by atoms with Gasteiger partial charge in [-0.1, -0.05) is 42.5 Å². The second-order valence-corrected chi connectivity index (χ2v) is 8.70. The number of aromatic nitrogens is 1. The van der Waals surface area contributed by atoms with Crippen LogP contribution in [0.15, 0.2) is 72.9 Å². The summed E-state index contributed by atoms with van der Waals surface area (Å²) in [4.78, 5) is 29.8. The van der Waals surface area contributed by atoms with Gasteiger partial charge >= 0.3 is 0 Å². The Morgan fingerprint density at radius 3 is 2.23 bits per heavy atom. The van der Waals surface area contributed by atoms with Crippen LogP contribution < -0.4 is 4.90 Å². The highest BCUT2D eigenvalue weighted by Gasteiger charge is 2.37. The van der Waals surface area contributed by atoms with Crippen molar-refractivity contribution < 1.29 is 9.59 Å². The highest BCUT2D eigenvalue weighted by molar-refractivity contribution is 6.30. The van der Waals surface area contributed by atoms with Crippen LogP contribution in [0.2, 0.25) is 0 Å². The summed E-state index contributed by atoms with van der Waals surface area (Å²) in [5.41, 5.74) is 3.78. The Labute approximate surface area is 187 Å². The molecular formula is C25H26ClN3O2. The summed E-state index contributed by atoms with van der Waals surface area (Å²) < 4.78 is 2.13. The van der Waals surface area contributed by atoms with Crippen LogP contribution in [0.25, 0.3) is 5.69 Å². The van der Waals surface area contributed by atoms with Crippen molar-refractivity contribution in [1.82, 2.24) is 9.47 Å². The van der Waals surface area contributed by atoms with Gasteiger partial charge in [0.15, 0.2) is 0 Å². The summed E-state index contributed by atoms with van der Waals surface area (Å²) in [7, 11) is 0. The Morgan fingerprint density at radius 1 is 0.935 bits per heavy atom. The predicted molar refractivity (Wildman–Crippen MR) is 124 cm³/mol. The van der Waals surface area contributed by atoms with Crippen LogP contribution in [-0.4, -0.2) is 39.2 Å². The van der Waals surface area contributed by atoms with E-state index >= 15 is 0 Å². The zero-order valence-corrected chi connectivity index (χ0v) is 18.7. The number of hydrogen-bond donors (Lipinski definition) is 0. The normalized spacial score (nSPS) is 15.9. The monoisotopic (exact) mass is 435 g/mol. The minimum Gasteiger partial charge on any atom is -0.330 e. The maximum Gasteiger partial charge on any atom is 0.247 e. The lowest BCUT2D eigenvalue weighted by Crippen LogP contribution is -2.50. The molecule has 0 saturated carbocycles. The van der Waals surface area contributed by atoms with Gasteiger partial charge in [-0.2, -0.15) is 0 Å². The topological polar surface area (TPSA) is 45.6 Å². The quantitative estimate of drug-likeness (QED) is 0.541. The number of amides is 2. The van der Waals surface area contributed by atoms with Crippen LogP contribution in [0.1, 0.15) is 38.1 Å². The maximum absolute atomic E-state index is 13.8. The van der Waals surface area contributed by atoms with Crippen LogP contribution >= 0.6 is 11.6 Å². The molecule has 1 aliphatic rings. The first-order valence-electron chi connectivity index (χ1n) is 10.5. The molecule has 2 amide bonds. The molecule has 2 heterocycles. The number of fused-ring (bicyclic) bond motifs is 3. The van der Waals surface area contributed by atoms with Crippen molar-refractivity contribution in [3.05, 3.63) is 84.2 Å². The third-order valence-electron chi connectivity index (χ3n) is 5.66. The molecule has 3 aromatic rings. The molecule has 2 unspecified atom stereocenters. The second-order valence-electron chi connectivity index (χ2n) is 8.04. The predicted octanol–water partition coefficient (Wildman–Crippen LogP) is 4.78. The summed E-state index contributed by atoms with van der Waals surface area (Å²) in [5.74, 6) is -0.386. The number of alkyl halides is 1. The third-order valence-corrected chi connectivity index (χ3v) is 5.84. The van der Waals surface area contributed by atoms with Crippen LogP contribution in [0, 0.1) is 0 Å². The maximum atomic E-state index is 13.8. The van der Waals surface area contributed by atoms with Crippen molar-refractivity contribution in [3.8, 4) is 5.69 Å². The Bertz CT molecular complexity index is 1090. The summed E-state index contributed by atoms with van der Waals surface area (Å²) >= 11 is 6.07. The lowest BCUT2D eigenvalue weighted by molar-refractivity contribution is -0.136. The van der Waals surface area contributed by atoms with Crippen LogP contribution in [0.4, 0.5) is 5.69 Å². The van der Waals surface area contributed by atoms with E-state index in [1.165, 1.54) is 0 Å². The van der Waals surface area contributed by atoms with E-state index in [0.29, 0.717) is 0 Å². The number of carbonyl (C=O) groups is 2. The number of carbonyl (C=O) groups excluding carboxylic acids is 2. The fourth-order valence-corrected chi connectivity index (χ4v) is 4.30. The third kappa shape index (κ3) is 3.86. The Morgan fingerprint density at radius 2 is 1.58 bits per heavy atom. The van der Waals surface area contributed by atoms with E-state index in [2.05, 4.69) is 4.57 Å². The molecule has 4 rings (SSSR count). The molecule has 1 aliphatic heterocycles. The van der Waals surface area contributed by atoms with Crippen molar-refractivity contribution in [2.75, 3.05) is 11.4 Å². The molecule has 0 aliphatic carbocycles. The minimum absolute atomic E-state index is 0.0358. The van der Waals surface area contributed by atoms with E-state index in [1.54, 1.807) is 11.8 Å². The Balaban J connectivity index is 1.82. The van der Waals surface area contributed by atoms with Crippen LogP contribution in [0.3, 0.4) is 0 Å². The van der Waals surface area contributed by atoms with Crippen molar-refractivity contribution >= 4 is 29.1 Å². The van der Waals surface area contributed by atoms with Crippen molar-refractivity contribution in [2.45, 2.75) is 38.2 Å². The van der Waals surface area contributed by atoms with Gasteiger partial charge in [0, 0.05) is 12.2 Å². The molecule has 5 nitrogen and oxygen atoms in total. The van der Waals surface area contributed by atoms with Gasteiger partial charge in [0.1, 0.15) is 18.0 Å². The van der Waals surface area contributed by atoms with E-state index in [1.807, 2.05) is 91.7 Å². The molecule has 6 heteroatoms. The van der Waals surface area contributed by atoms with Gasteiger partial charge in [0.2, 0.25) is 11.8 Å². The number of anilines is 1. The molecule has 0 N–H and O–H groups in total. The van der Waals surface area contributed by atoms with Gasteiger partial charge in [-0.3, -0.25) is 14.5 Å². The standard InChI is InChI=1S/C25H26ClN3O2/c1-17(2)28(25(31)18(3)26)16-23(30)29-21-13-8-7-12-20(21)27-15-9-14-22(27)24(29)19-10-5-4-6-11-19/h4-15,17-18,24H,16H2,1-3H3. The smallest absolute Gasteiger partial charge is 0.247 e. The molecule has 2 atom stereocenters. The van der Waals surface area contributed by atoms with Gasteiger partial charge in [0.05, 0.1) is 17.1 Å². The molecule has 0 radical (unpaired) electrons. The fourth-order valence-electron chi connectivity index (χ4n) is 4.18. The molecule has 0 fully saturated rings. The highest BCUT2D eigenvalue weighted by Crippen LogP contribution is 2.42. The number of nitrogens with zero attached hydrogens (tertiary/aromatic N) is 3. The van der Waals surface area contributed by atoms with Crippen LogP contribution in [0.5, 0.6) is 0 Å². The number of halogens is 1. The zero-order valence-electron chi connectivity index (χ0n) is 17.9. The zero-order chi connectivity index (χ0) is 22.1.